The van der Waals surface area contributed by atoms with Crippen LogP contribution in [0.1, 0.15) is 44.9 Å². The molecule has 92 valence electrons. The summed E-state index contributed by atoms with van der Waals surface area (Å²) in [5.41, 5.74) is -0.764. The molecule has 4 nitrogen and oxygen atoms in total. The maximum atomic E-state index is 12.0. The average molecular weight is 227 g/mol. The zero-order valence-electron chi connectivity index (χ0n) is 9.69. The summed E-state index contributed by atoms with van der Waals surface area (Å²) in [4.78, 5) is 13.8. The van der Waals surface area contributed by atoms with E-state index in [4.69, 9.17) is 5.11 Å². The molecule has 0 saturated heterocycles. The van der Waals surface area contributed by atoms with Crippen molar-refractivity contribution in [1.29, 1.82) is 0 Å². The van der Waals surface area contributed by atoms with E-state index in [2.05, 4.69) is 0 Å². The van der Waals surface area contributed by atoms with Crippen LogP contribution in [0.25, 0.3) is 0 Å². The zero-order valence-corrected chi connectivity index (χ0v) is 9.69. The lowest BCUT2D eigenvalue weighted by molar-refractivity contribution is -0.137. The molecule has 0 aromatic rings. The molecule has 0 radical (unpaired) electrons. The lowest BCUT2D eigenvalue weighted by atomic mass is 9.97. The van der Waals surface area contributed by atoms with E-state index < -0.39 is 5.60 Å². The summed E-state index contributed by atoms with van der Waals surface area (Å²) in [5.74, 6) is 0.0148. The number of aliphatic hydroxyl groups is 2. The van der Waals surface area contributed by atoms with E-state index in [-0.39, 0.29) is 18.9 Å². The summed E-state index contributed by atoms with van der Waals surface area (Å²) in [6, 6.07) is 0.324. The van der Waals surface area contributed by atoms with Crippen LogP contribution >= 0.6 is 0 Å². The predicted molar refractivity (Wildman–Crippen MR) is 59.9 cm³/mol. The molecule has 2 aliphatic rings. The molecule has 4 heteroatoms. The number of hydrogen-bond acceptors (Lipinski definition) is 3. The monoisotopic (exact) mass is 227 g/mol. The minimum absolute atomic E-state index is 0.0146. The quantitative estimate of drug-likeness (QED) is 0.725. The van der Waals surface area contributed by atoms with Gasteiger partial charge in [0.2, 0.25) is 5.91 Å². The first-order chi connectivity index (χ1) is 7.64. The van der Waals surface area contributed by atoms with Gasteiger partial charge in [0.25, 0.3) is 0 Å². The number of nitrogens with zero attached hydrogens (tertiary/aromatic N) is 1. The van der Waals surface area contributed by atoms with E-state index in [0.717, 1.165) is 38.5 Å². The van der Waals surface area contributed by atoms with Crippen molar-refractivity contribution in [2.45, 2.75) is 56.6 Å². The van der Waals surface area contributed by atoms with E-state index in [1.807, 2.05) is 0 Å². The third-order valence-corrected chi connectivity index (χ3v) is 3.66. The summed E-state index contributed by atoms with van der Waals surface area (Å²) in [7, 11) is 0. The largest absolute Gasteiger partial charge is 0.395 e. The molecule has 0 atom stereocenters. The minimum Gasteiger partial charge on any atom is -0.395 e. The van der Waals surface area contributed by atoms with Gasteiger partial charge in [0.15, 0.2) is 0 Å². The van der Waals surface area contributed by atoms with Gasteiger partial charge in [-0.2, -0.15) is 0 Å². The van der Waals surface area contributed by atoms with Crippen LogP contribution in [0.4, 0.5) is 0 Å². The zero-order chi connectivity index (χ0) is 11.6. The normalized spacial score (nSPS) is 23.4. The van der Waals surface area contributed by atoms with Crippen LogP contribution in [0.15, 0.2) is 0 Å². The molecule has 16 heavy (non-hydrogen) atoms. The SMILES string of the molecule is O=C(CC1(O)CCCC1)N(CCO)C1CC1. The van der Waals surface area contributed by atoms with Gasteiger partial charge >= 0.3 is 0 Å². The molecule has 0 heterocycles. The molecule has 0 bridgehead atoms. The number of rotatable bonds is 5. The van der Waals surface area contributed by atoms with Crippen molar-refractivity contribution < 1.29 is 15.0 Å². The van der Waals surface area contributed by atoms with Crippen LogP contribution in [-0.4, -0.2) is 45.8 Å². The molecule has 2 saturated carbocycles. The van der Waals surface area contributed by atoms with E-state index in [1.54, 1.807) is 4.90 Å². The fourth-order valence-corrected chi connectivity index (χ4v) is 2.60. The van der Waals surface area contributed by atoms with Crippen molar-refractivity contribution in [3.05, 3.63) is 0 Å². The van der Waals surface area contributed by atoms with Crippen molar-refractivity contribution in [3.63, 3.8) is 0 Å². The van der Waals surface area contributed by atoms with Gasteiger partial charge in [0.1, 0.15) is 0 Å². The van der Waals surface area contributed by atoms with Crippen molar-refractivity contribution in [3.8, 4) is 0 Å². The van der Waals surface area contributed by atoms with Gasteiger partial charge in [0, 0.05) is 12.6 Å². The molecule has 2 rings (SSSR count). The van der Waals surface area contributed by atoms with Gasteiger partial charge in [0.05, 0.1) is 18.6 Å². The highest BCUT2D eigenvalue weighted by Crippen LogP contribution is 2.34. The Hall–Kier alpha value is -0.610. The Morgan fingerprint density at radius 1 is 1.31 bits per heavy atom. The second kappa shape index (κ2) is 4.72. The fourth-order valence-electron chi connectivity index (χ4n) is 2.60. The number of carbonyl (C=O) groups excluding carboxylic acids is 1. The van der Waals surface area contributed by atoms with Crippen molar-refractivity contribution in [2.75, 3.05) is 13.2 Å². The van der Waals surface area contributed by atoms with Crippen LogP contribution in [0.3, 0.4) is 0 Å². The summed E-state index contributed by atoms with van der Waals surface area (Å²) in [6.07, 6.45) is 5.87. The van der Waals surface area contributed by atoms with E-state index in [1.165, 1.54) is 0 Å². The first kappa shape index (κ1) is 11.9. The van der Waals surface area contributed by atoms with Crippen LogP contribution in [0.2, 0.25) is 0 Å². The van der Waals surface area contributed by atoms with Crippen LogP contribution < -0.4 is 0 Å². The molecule has 0 aliphatic heterocycles. The highest BCUT2D eigenvalue weighted by Gasteiger charge is 2.38. The second-order valence-electron chi connectivity index (χ2n) is 5.15. The first-order valence-corrected chi connectivity index (χ1v) is 6.27. The molecular weight excluding hydrogens is 206 g/mol. The van der Waals surface area contributed by atoms with Crippen LogP contribution in [0, 0.1) is 0 Å². The Balaban J connectivity index is 1.89. The predicted octanol–water partition coefficient (Wildman–Crippen LogP) is 0.665. The van der Waals surface area contributed by atoms with E-state index in [9.17, 15) is 9.90 Å². The Labute approximate surface area is 96.3 Å². The molecule has 2 N–H and O–H groups in total. The lowest BCUT2D eigenvalue weighted by Gasteiger charge is -2.27. The Bertz CT molecular complexity index is 257. The number of amides is 1. The first-order valence-electron chi connectivity index (χ1n) is 6.27. The van der Waals surface area contributed by atoms with Crippen LogP contribution in [-0.2, 0) is 4.79 Å². The number of hydrogen-bond donors (Lipinski definition) is 2. The van der Waals surface area contributed by atoms with Gasteiger partial charge in [-0.1, -0.05) is 12.8 Å². The summed E-state index contributed by atoms with van der Waals surface area (Å²) in [5, 5.41) is 19.1. The van der Waals surface area contributed by atoms with Gasteiger partial charge in [-0.15, -0.1) is 0 Å². The van der Waals surface area contributed by atoms with Gasteiger partial charge in [-0.25, -0.2) is 0 Å². The molecule has 0 aromatic carbocycles. The summed E-state index contributed by atoms with van der Waals surface area (Å²) >= 11 is 0. The maximum absolute atomic E-state index is 12.0. The van der Waals surface area contributed by atoms with Gasteiger partial charge in [-0.05, 0) is 25.7 Å². The van der Waals surface area contributed by atoms with Crippen LogP contribution in [0.5, 0.6) is 0 Å². The molecule has 0 unspecified atom stereocenters. The highest BCUT2D eigenvalue weighted by atomic mass is 16.3. The third-order valence-electron chi connectivity index (χ3n) is 3.66. The standard InChI is InChI=1S/C12H21NO3/c14-8-7-13(10-3-4-10)11(15)9-12(16)5-1-2-6-12/h10,14,16H,1-9H2. The van der Waals surface area contributed by atoms with E-state index >= 15 is 0 Å². The van der Waals surface area contributed by atoms with Crippen molar-refractivity contribution in [2.24, 2.45) is 0 Å². The second-order valence-corrected chi connectivity index (χ2v) is 5.15. The molecule has 0 aromatic heterocycles. The summed E-state index contributed by atoms with van der Waals surface area (Å²) in [6.45, 7) is 0.431. The smallest absolute Gasteiger partial charge is 0.225 e. The van der Waals surface area contributed by atoms with Crippen molar-refractivity contribution in [1.82, 2.24) is 4.90 Å². The number of carbonyl (C=O) groups is 1. The average Bonchev–Trinajstić information content (AvgIpc) is 2.98. The lowest BCUT2D eigenvalue weighted by Crippen LogP contribution is -2.40. The van der Waals surface area contributed by atoms with Crippen molar-refractivity contribution >= 4 is 5.91 Å². The number of aliphatic hydroxyl groups excluding tert-OH is 1. The molecule has 2 aliphatic carbocycles. The minimum atomic E-state index is -0.764. The van der Waals surface area contributed by atoms with Gasteiger partial charge < -0.3 is 15.1 Å². The Kier molecular flexibility index (Phi) is 3.50. The topological polar surface area (TPSA) is 60.8 Å². The molecule has 2 fully saturated rings. The Morgan fingerprint density at radius 3 is 2.44 bits per heavy atom. The molecular formula is C12H21NO3. The molecule has 1 amide bonds. The third kappa shape index (κ3) is 2.74. The summed E-state index contributed by atoms with van der Waals surface area (Å²) < 4.78 is 0. The Morgan fingerprint density at radius 2 is 1.94 bits per heavy atom. The molecule has 0 spiro atoms. The maximum Gasteiger partial charge on any atom is 0.225 e. The highest BCUT2D eigenvalue weighted by molar-refractivity contribution is 5.78. The fraction of sp³-hybridized carbons (Fsp3) is 0.917. The van der Waals surface area contributed by atoms with E-state index in [0.29, 0.717) is 12.6 Å². The van der Waals surface area contributed by atoms with Gasteiger partial charge in [-0.3, -0.25) is 4.79 Å².